The molecule has 0 saturated carbocycles. The van der Waals surface area contributed by atoms with Crippen molar-refractivity contribution in [3.8, 4) is 0 Å². The summed E-state index contributed by atoms with van der Waals surface area (Å²) in [7, 11) is 0. The molecule has 1 atom stereocenters. The Kier molecular flexibility index (Phi) is 3.69. The summed E-state index contributed by atoms with van der Waals surface area (Å²) in [6.45, 7) is 2.30. The van der Waals surface area contributed by atoms with Gasteiger partial charge in [0.15, 0.2) is 0 Å². The Bertz CT molecular complexity index is 582. The van der Waals surface area contributed by atoms with Gasteiger partial charge in [0.2, 0.25) is 0 Å². The van der Waals surface area contributed by atoms with Crippen molar-refractivity contribution < 1.29 is 4.79 Å². The molecule has 0 fully saturated rings. The third-order valence-corrected chi connectivity index (χ3v) is 3.34. The monoisotopic (exact) mass is 272 g/mol. The van der Waals surface area contributed by atoms with Crippen molar-refractivity contribution in [1.29, 1.82) is 0 Å². The summed E-state index contributed by atoms with van der Waals surface area (Å²) in [6, 6.07) is 2.29. The molecule has 0 radical (unpaired) electrons. The first-order chi connectivity index (χ1) is 9.84. The van der Waals surface area contributed by atoms with Crippen molar-refractivity contribution in [3.05, 3.63) is 42.2 Å². The number of amides is 1. The molecule has 2 aromatic heterocycles. The molecule has 3 heterocycles. The van der Waals surface area contributed by atoms with E-state index in [9.17, 15) is 4.79 Å². The Hall–Kier alpha value is -2.28. The van der Waals surface area contributed by atoms with Crippen LogP contribution in [0.25, 0.3) is 0 Å². The van der Waals surface area contributed by atoms with E-state index in [1.165, 1.54) is 18.1 Å². The van der Waals surface area contributed by atoms with Crippen molar-refractivity contribution in [2.75, 3.05) is 13.1 Å². The summed E-state index contributed by atoms with van der Waals surface area (Å²) >= 11 is 0. The van der Waals surface area contributed by atoms with E-state index in [1.807, 2.05) is 16.9 Å². The molecule has 7 nitrogen and oxygen atoms in total. The molecule has 0 bridgehead atoms. The number of carbonyl (C=O) groups excluding carboxylic acids is 1. The number of fused-ring (bicyclic) bond motifs is 1. The Labute approximate surface area is 116 Å². The highest BCUT2D eigenvalue weighted by Crippen LogP contribution is 2.16. The Morgan fingerprint density at radius 1 is 1.45 bits per heavy atom. The van der Waals surface area contributed by atoms with Crippen LogP contribution in [-0.4, -0.2) is 38.7 Å². The third-order valence-electron chi connectivity index (χ3n) is 3.34. The van der Waals surface area contributed by atoms with Gasteiger partial charge >= 0.3 is 0 Å². The lowest BCUT2D eigenvalue weighted by Gasteiger charge is -2.25. The molecule has 0 spiro atoms. The Morgan fingerprint density at radius 3 is 3.25 bits per heavy atom. The average molecular weight is 272 g/mol. The minimum Gasteiger partial charge on any atom is -0.351 e. The van der Waals surface area contributed by atoms with Crippen molar-refractivity contribution in [2.24, 2.45) is 0 Å². The number of nitrogens with one attached hydrogen (secondary N) is 2. The number of hydrogen-bond acceptors (Lipinski definition) is 5. The topological polar surface area (TPSA) is 84.7 Å². The van der Waals surface area contributed by atoms with Crippen LogP contribution in [0.5, 0.6) is 0 Å². The minimum atomic E-state index is -0.192. The van der Waals surface area contributed by atoms with E-state index in [2.05, 4.69) is 25.7 Å². The first-order valence-electron chi connectivity index (χ1n) is 6.62. The lowest BCUT2D eigenvalue weighted by molar-refractivity contribution is 0.0945. The zero-order chi connectivity index (χ0) is 13.8. The molecular formula is C13H16N6O. The van der Waals surface area contributed by atoms with E-state index < -0.39 is 0 Å². The fourth-order valence-electron chi connectivity index (χ4n) is 2.35. The number of hydrogen-bond donors (Lipinski definition) is 2. The van der Waals surface area contributed by atoms with Crippen molar-refractivity contribution in [3.63, 3.8) is 0 Å². The van der Waals surface area contributed by atoms with Gasteiger partial charge in [-0.05, 0) is 12.5 Å². The van der Waals surface area contributed by atoms with Gasteiger partial charge in [0, 0.05) is 38.2 Å². The molecular weight excluding hydrogens is 256 g/mol. The first kappa shape index (κ1) is 12.7. The van der Waals surface area contributed by atoms with E-state index in [-0.39, 0.29) is 11.9 Å². The second kappa shape index (κ2) is 5.79. The van der Waals surface area contributed by atoms with E-state index in [1.54, 1.807) is 6.20 Å². The fraction of sp³-hybridized carbons (Fsp3) is 0.385. The Morgan fingerprint density at radius 2 is 2.40 bits per heavy atom. The molecule has 1 aliphatic rings. The van der Waals surface area contributed by atoms with Crippen LogP contribution in [0.3, 0.4) is 0 Å². The molecule has 0 saturated heterocycles. The maximum atomic E-state index is 11.8. The second-order valence-corrected chi connectivity index (χ2v) is 4.69. The predicted molar refractivity (Wildman–Crippen MR) is 72.0 cm³/mol. The van der Waals surface area contributed by atoms with Gasteiger partial charge in [-0.3, -0.25) is 14.5 Å². The molecule has 2 N–H and O–H groups in total. The molecule has 0 aliphatic carbocycles. The van der Waals surface area contributed by atoms with Crippen molar-refractivity contribution >= 4 is 5.91 Å². The summed E-state index contributed by atoms with van der Waals surface area (Å²) in [4.78, 5) is 19.7. The maximum Gasteiger partial charge on any atom is 0.271 e. The zero-order valence-electron chi connectivity index (χ0n) is 11.0. The van der Waals surface area contributed by atoms with Crippen molar-refractivity contribution in [1.82, 2.24) is 30.4 Å². The quantitative estimate of drug-likeness (QED) is 0.827. The minimum absolute atomic E-state index is 0.192. The normalized spacial score (nSPS) is 17.5. The molecule has 1 aliphatic heterocycles. The smallest absolute Gasteiger partial charge is 0.271 e. The van der Waals surface area contributed by atoms with E-state index >= 15 is 0 Å². The fourth-order valence-corrected chi connectivity index (χ4v) is 2.35. The van der Waals surface area contributed by atoms with Gasteiger partial charge in [-0.25, -0.2) is 4.98 Å². The van der Waals surface area contributed by atoms with E-state index in [4.69, 9.17) is 0 Å². The molecule has 1 amide bonds. The zero-order valence-corrected chi connectivity index (χ0v) is 11.0. The molecule has 20 heavy (non-hydrogen) atoms. The van der Waals surface area contributed by atoms with Gasteiger partial charge < -0.3 is 10.6 Å². The molecule has 0 aromatic carbocycles. The summed E-state index contributed by atoms with van der Waals surface area (Å²) in [6.07, 6.45) is 7.16. The maximum absolute atomic E-state index is 11.8. The summed E-state index contributed by atoms with van der Waals surface area (Å²) in [5.74, 6) is -0.192. The van der Waals surface area contributed by atoms with Gasteiger partial charge in [-0.15, -0.1) is 0 Å². The Balaban J connectivity index is 1.53. The predicted octanol–water partition coefficient (Wildman–Crippen LogP) is 0.137. The molecule has 104 valence electrons. The highest BCUT2D eigenvalue weighted by Gasteiger charge is 2.19. The van der Waals surface area contributed by atoms with Crippen LogP contribution < -0.4 is 10.6 Å². The van der Waals surface area contributed by atoms with E-state index in [0.29, 0.717) is 12.2 Å². The van der Waals surface area contributed by atoms with Crippen LogP contribution in [0.15, 0.2) is 30.9 Å². The van der Waals surface area contributed by atoms with Crippen LogP contribution in [0, 0.1) is 0 Å². The second-order valence-electron chi connectivity index (χ2n) is 4.69. The van der Waals surface area contributed by atoms with Crippen LogP contribution in [-0.2, 0) is 6.54 Å². The lowest BCUT2D eigenvalue weighted by atomic mass is 10.1. The van der Waals surface area contributed by atoms with E-state index in [0.717, 1.165) is 19.5 Å². The number of nitrogens with zero attached hydrogens (tertiary/aromatic N) is 4. The SMILES string of the molecule is O=C(NCCC1CNCc2ccnn21)c1cnccn1. The highest BCUT2D eigenvalue weighted by molar-refractivity contribution is 5.91. The molecule has 7 heteroatoms. The van der Waals surface area contributed by atoms with Gasteiger partial charge in [-0.2, -0.15) is 5.10 Å². The molecule has 1 unspecified atom stereocenters. The number of rotatable bonds is 4. The summed E-state index contributed by atoms with van der Waals surface area (Å²) in [5.41, 5.74) is 1.52. The largest absolute Gasteiger partial charge is 0.351 e. The average Bonchev–Trinajstić information content (AvgIpc) is 2.97. The highest BCUT2D eigenvalue weighted by atomic mass is 16.1. The van der Waals surface area contributed by atoms with Crippen LogP contribution >= 0.6 is 0 Å². The van der Waals surface area contributed by atoms with Crippen LogP contribution in [0.1, 0.15) is 28.6 Å². The van der Waals surface area contributed by atoms with Crippen molar-refractivity contribution in [2.45, 2.75) is 19.0 Å². The summed E-state index contributed by atoms with van der Waals surface area (Å²) < 4.78 is 2.03. The summed E-state index contributed by atoms with van der Waals surface area (Å²) in [5, 5.41) is 10.5. The third kappa shape index (κ3) is 2.67. The van der Waals surface area contributed by atoms with Gasteiger partial charge in [0.25, 0.3) is 5.91 Å². The van der Waals surface area contributed by atoms with Gasteiger partial charge in [-0.1, -0.05) is 0 Å². The van der Waals surface area contributed by atoms with Gasteiger partial charge in [0.05, 0.1) is 17.9 Å². The molecule has 3 rings (SSSR count). The van der Waals surface area contributed by atoms with Crippen LogP contribution in [0.2, 0.25) is 0 Å². The first-order valence-corrected chi connectivity index (χ1v) is 6.62. The molecule has 2 aromatic rings. The lowest BCUT2D eigenvalue weighted by Crippen LogP contribution is -2.36. The number of carbonyl (C=O) groups is 1. The number of aromatic nitrogens is 4. The van der Waals surface area contributed by atoms with Crippen LogP contribution in [0.4, 0.5) is 0 Å². The standard InChI is InChI=1S/C13H16N6O/c20-13(12-9-14-5-6-16-12)17-3-1-10-7-15-8-11-2-4-18-19(10)11/h2,4-6,9-10,15H,1,3,7-8H2,(H,17,20). The van der Waals surface area contributed by atoms with Gasteiger partial charge in [0.1, 0.15) is 5.69 Å².